The standard InChI is InChI=1S/C13H24O2/c1-2-10-5-3-4-6-11(10)12-9-15-8-7-13(12)14/h10-14H,2-9H2,1H3. The third-order valence-electron chi connectivity index (χ3n) is 4.40. The van der Waals surface area contributed by atoms with Crippen molar-refractivity contribution < 1.29 is 9.84 Å². The van der Waals surface area contributed by atoms with E-state index in [9.17, 15) is 5.11 Å². The van der Waals surface area contributed by atoms with Gasteiger partial charge in [0, 0.05) is 12.5 Å². The highest BCUT2D eigenvalue weighted by Gasteiger charge is 2.36. The minimum Gasteiger partial charge on any atom is -0.393 e. The van der Waals surface area contributed by atoms with Gasteiger partial charge in [0.15, 0.2) is 0 Å². The molecule has 0 aromatic heterocycles. The van der Waals surface area contributed by atoms with Gasteiger partial charge < -0.3 is 9.84 Å². The van der Waals surface area contributed by atoms with E-state index < -0.39 is 0 Å². The molecule has 0 aromatic carbocycles. The molecule has 15 heavy (non-hydrogen) atoms. The fourth-order valence-electron chi connectivity index (χ4n) is 3.46. The summed E-state index contributed by atoms with van der Waals surface area (Å²) in [6.07, 6.45) is 7.43. The molecule has 0 aromatic rings. The normalized spacial score (nSPS) is 42.8. The number of hydrogen-bond acceptors (Lipinski definition) is 2. The quantitative estimate of drug-likeness (QED) is 0.762. The van der Waals surface area contributed by atoms with Crippen LogP contribution in [-0.2, 0) is 4.74 Å². The average molecular weight is 212 g/mol. The summed E-state index contributed by atoms with van der Waals surface area (Å²) in [5.41, 5.74) is 0. The molecule has 1 heterocycles. The van der Waals surface area contributed by atoms with Crippen LogP contribution in [0.4, 0.5) is 0 Å². The van der Waals surface area contributed by atoms with E-state index in [0.717, 1.165) is 31.5 Å². The molecule has 1 saturated carbocycles. The van der Waals surface area contributed by atoms with Crippen LogP contribution in [0.1, 0.15) is 45.4 Å². The number of aliphatic hydroxyl groups excluding tert-OH is 1. The van der Waals surface area contributed by atoms with Gasteiger partial charge in [0.2, 0.25) is 0 Å². The fraction of sp³-hybridized carbons (Fsp3) is 1.00. The van der Waals surface area contributed by atoms with E-state index in [1.807, 2.05) is 0 Å². The van der Waals surface area contributed by atoms with Gasteiger partial charge in [0.25, 0.3) is 0 Å². The number of rotatable bonds is 2. The number of hydrogen-bond donors (Lipinski definition) is 1. The van der Waals surface area contributed by atoms with Gasteiger partial charge in [0.05, 0.1) is 12.7 Å². The van der Waals surface area contributed by atoms with Crippen LogP contribution in [0, 0.1) is 17.8 Å². The lowest BCUT2D eigenvalue weighted by Gasteiger charge is -2.40. The molecule has 0 amide bonds. The maximum atomic E-state index is 10.1. The van der Waals surface area contributed by atoms with E-state index in [1.165, 1.54) is 32.1 Å². The largest absolute Gasteiger partial charge is 0.393 e. The predicted octanol–water partition coefficient (Wildman–Crippen LogP) is 2.60. The molecule has 2 rings (SSSR count). The second kappa shape index (κ2) is 5.31. The Morgan fingerprint density at radius 3 is 2.67 bits per heavy atom. The maximum absolute atomic E-state index is 10.1. The molecule has 0 spiro atoms. The minimum atomic E-state index is -0.101. The molecule has 4 atom stereocenters. The van der Waals surface area contributed by atoms with Gasteiger partial charge in [-0.3, -0.25) is 0 Å². The van der Waals surface area contributed by atoms with Crippen LogP contribution in [-0.4, -0.2) is 24.4 Å². The summed E-state index contributed by atoms with van der Waals surface area (Å²) in [7, 11) is 0. The van der Waals surface area contributed by atoms with Crippen LogP contribution in [0.15, 0.2) is 0 Å². The Morgan fingerprint density at radius 1 is 1.13 bits per heavy atom. The van der Waals surface area contributed by atoms with Gasteiger partial charge in [-0.25, -0.2) is 0 Å². The second-order valence-corrected chi connectivity index (χ2v) is 5.21. The highest BCUT2D eigenvalue weighted by atomic mass is 16.5. The van der Waals surface area contributed by atoms with Crippen LogP contribution in [0.3, 0.4) is 0 Å². The molecule has 1 aliphatic carbocycles. The van der Waals surface area contributed by atoms with Gasteiger partial charge in [-0.15, -0.1) is 0 Å². The van der Waals surface area contributed by atoms with Gasteiger partial charge >= 0.3 is 0 Å². The highest BCUT2D eigenvalue weighted by molar-refractivity contribution is 4.85. The molecule has 1 N–H and O–H groups in total. The molecule has 88 valence electrons. The van der Waals surface area contributed by atoms with Crippen LogP contribution in [0.25, 0.3) is 0 Å². The van der Waals surface area contributed by atoms with Crippen molar-refractivity contribution in [1.29, 1.82) is 0 Å². The average Bonchev–Trinajstić information content (AvgIpc) is 2.30. The minimum absolute atomic E-state index is 0.101. The zero-order valence-corrected chi connectivity index (χ0v) is 9.82. The smallest absolute Gasteiger partial charge is 0.0615 e. The van der Waals surface area contributed by atoms with Crippen LogP contribution in [0.2, 0.25) is 0 Å². The summed E-state index contributed by atoms with van der Waals surface area (Å²) in [6, 6.07) is 0. The van der Waals surface area contributed by atoms with E-state index in [4.69, 9.17) is 4.74 Å². The Hall–Kier alpha value is -0.0800. The summed E-state index contributed by atoms with van der Waals surface area (Å²) in [5.74, 6) is 1.98. The first kappa shape index (κ1) is 11.4. The van der Waals surface area contributed by atoms with E-state index in [1.54, 1.807) is 0 Å². The summed E-state index contributed by atoms with van der Waals surface area (Å²) in [6.45, 7) is 3.84. The van der Waals surface area contributed by atoms with Crippen LogP contribution >= 0.6 is 0 Å². The highest BCUT2D eigenvalue weighted by Crippen LogP contribution is 2.39. The summed E-state index contributed by atoms with van der Waals surface area (Å²) in [5, 5.41) is 10.1. The first-order valence-corrected chi connectivity index (χ1v) is 6.58. The van der Waals surface area contributed by atoms with Crippen molar-refractivity contribution in [2.45, 2.75) is 51.6 Å². The molecule has 2 heteroatoms. The Balaban J connectivity index is 1.99. The van der Waals surface area contributed by atoms with E-state index in [0.29, 0.717) is 5.92 Å². The Bertz CT molecular complexity index is 193. The molecule has 2 aliphatic rings. The van der Waals surface area contributed by atoms with Crippen molar-refractivity contribution in [3.8, 4) is 0 Å². The Morgan fingerprint density at radius 2 is 1.93 bits per heavy atom. The van der Waals surface area contributed by atoms with Crippen molar-refractivity contribution in [3.63, 3.8) is 0 Å². The number of aliphatic hydroxyl groups is 1. The summed E-state index contributed by atoms with van der Waals surface area (Å²) in [4.78, 5) is 0. The topological polar surface area (TPSA) is 29.5 Å². The molecular weight excluding hydrogens is 188 g/mol. The molecule has 0 radical (unpaired) electrons. The van der Waals surface area contributed by atoms with Gasteiger partial charge in [-0.05, 0) is 24.7 Å². The Labute approximate surface area is 93.0 Å². The molecule has 1 aliphatic heterocycles. The van der Waals surface area contributed by atoms with Crippen molar-refractivity contribution in [2.75, 3.05) is 13.2 Å². The maximum Gasteiger partial charge on any atom is 0.0615 e. The van der Waals surface area contributed by atoms with E-state index >= 15 is 0 Å². The fourth-order valence-corrected chi connectivity index (χ4v) is 3.46. The number of ether oxygens (including phenoxy) is 1. The second-order valence-electron chi connectivity index (χ2n) is 5.21. The third kappa shape index (κ3) is 2.54. The lowest BCUT2D eigenvalue weighted by Crippen LogP contribution is -2.40. The molecule has 1 saturated heterocycles. The van der Waals surface area contributed by atoms with Gasteiger partial charge in [-0.2, -0.15) is 0 Å². The van der Waals surface area contributed by atoms with Gasteiger partial charge in [0.1, 0.15) is 0 Å². The van der Waals surface area contributed by atoms with Crippen molar-refractivity contribution in [2.24, 2.45) is 17.8 Å². The predicted molar refractivity (Wildman–Crippen MR) is 60.7 cm³/mol. The summed E-state index contributed by atoms with van der Waals surface area (Å²) < 4.78 is 5.54. The molecule has 2 nitrogen and oxygen atoms in total. The molecule has 0 bridgehead atoms. The molecule has 2 fully saturated rings. The first-order valence-electron chi connectivity index (χ1n) is 6.58. The lowest BCUT2D eigenvalue weighted by molar-refractivity contribution is -0.0748. The van der Waals surface area contributed by atoms with Gasteiger partial charge in [-0.1, -0.05) is 32.6 Å². The SMILES string of the molecule is CCC1CCCCC1C1COCCC1O. The Kier molecular flexibility index (Phi) is 4.04. The van der Waals surface area contributed by atoms with E-state index in [-0.39, 0.29) is 6.10 Å². The molecule has 4 unspecified atom stereocenters. The first-order chi connectivity index (χ1) is 7.33. The molecular formula is C13H24O2. The van der Waals surface area contributed by atoms with E-state index in [2.05, 4.69) is 6.92 Å². The van der Waals surface area contributed by atoms with Crippen molar-refractivity contribution in [3.05, 3.63) is 0 Å². The zero-order valence-electron chi connectivity index (χ0n) is 9.82. The zero-order chi connectivity index (χ0) is 10.7. The van der Waals surface area contributed by atoms with Crippen molar-refractivity contribution in [1.82, 2.24) is 0 Å². The van der Waals surface area contributed by atoms with Crippen molar-refractivity contribution >= 4 is 0 Å². The van der Waals surface area contributed by atoms with Crippen LogP contribution in [0.5, 0.6) is 0 Å². The van der Waals surface area contributed by atoms with Crippen LogP contribution < -0.4 is 0 Å². The monoisotopic (exact) mass is 212 g/mol. The summed E-state index contributed by atoms with van der Waals surface area (Å²) >= 11 is 0. The third-order valence-corrected chi connectivity index (χ3v) is 4.40. The lowest BCUT2D eigenvalue weighted by atomic mass is 9.69.